The molecule has 2 heterocycles. The molecule has 114 valence electrons. The second kappa shape index (κ2) is 6.27. The van der Waals surface area contributed by atoms with Crippen molar-refractivity contribution >= 4 is 27.5 Å². The summed E-state index contributed by atoms with van der Waals surface area (Å²) in [6, 6.07) is 1.66. The van der Waals surface area contributed by atoms with Crippen LogP contribution >= 0.6 is 11.3 Å². The second-order valence-corrected chi connectivity index (χ2v) is 5.36. The van der Waals surface area contributed by atoms with Crippen molar-refractivity contribution in [1.29, 1.82) is 0 Å². The Labute approximate surface area is 122 Å². The summed E-state index contributed by atoms with van der Waals surface area (Å²) in [7, 11) is 0. The lowest BCUT2D eigenvalue weighted by Crippen LogP contribution is -2.41. The van der Waals surface area contributed by atoms with Crippen molar-refractivity contribution in [3.8, 4) is 0 Å². The number of aromatic nitrogens is 2. The zero-order valence-corrected chi connectivity index (χ0v) is 11.8. The molecule has 21 heavy (non-hydrogen) atoms. The molecule has 1 amide bonds. The Kier molecular flexibility index (Phi) is 4.63. The van der Waals surface area contributed by atoms with Gasteiger partial charge in [-0.25, -0.2) is 13.8 Å². The third-order valence-corrected chi connectivity index (χ3v) is 3.69. The molecule has 0 fully saturated rings. The number of hydrogen-bond donors (Lipinski definition) is 2. The minimum Gasteiger partial charge on any atom is -0.350 e. The predicted molar refractivity (Wildman–Crippen MR) is 75.5 cm³/mol. The van der Waals surface area contributed by atoms with E-state index in [4.69, 9.17) is 5.73 Å². The highest BCUT2D eigenvalue weighted by molar-refractivity contribution is 7.16. The molecule has 0 aliphatic heterocycles. The van der Waals surface area contributed by atoms with E-state index in [0.717, 1.165) is 0 Å². The Bertz CT molecular complexity index is 698. The van der Waals surface area contributed by atoms with Crippen molar-refractivity contribution < 1.29 is 13.6 Å². The molecule has 2 aromatic heterocycles. The summed E-state index contributed by atoms with van der Waals surface area (Å²) in [5.74, 6) is -3.69. The van der Waals surface area contributed by atoms with Gasteiger partial charge in [-0.1, -0.05) is 0 Å². The molecule has 0 aromatic carbocycles. The zero-order valence-electron chi connectivity index (χ0n) is 11.0. The molecular weight excluding hydrogens is 302 g/mol. The van der Waals surface area contributed by atoms with E-state index in [1.807, 2.05) is 0 Å². The Hall–Kier alpha value is -1.87. The van der Waals surface area contributed by atoms with Gasteiger partial charge in [0.15, 0.2) is 0 Å². The van der Waals surface area contributed by atoms with Crippen LogP contribution in [-0.2, 0) is 11.3 Å². The molecule has 0 unspecified atom stereocenters. The molecule has 0 aliphatic carbocycles. The third-order valence-electron chi connectivity index (χ3n) is 2.87. The van der Waals surface area contributed by atoms with Crippen LogP contribution in [0.1, 0.15) is 6.42 Å². The molecule has 0 aliphatic rings. The van der Waals surface area contributed by atoms with Crippen molar-refractivity contribution in [2.45, 2.75) is 18.9 Å². The molecule has 0 bridgehead atoms. The van der Waals surface area contributed by atoms with E-state index >= 15 is 0 Å². The number of thiophene rings is 1. The summed E-state index contributed by atoms with van der Waals surface area (Å²) in [4.78, 5) is 28.2. The largest absolute Gasteiger partial charge is 0.350 e. The molecule has 9 heteroatoms. The summed E-state index contributed by atoms with van der Waals surface area (Å²) in [5.41, 5.74) is 4.62. The van der Waals surface area contributed by atoms with Crippen LogP contribution in [0.3, 0.4) is 0 Å². The number of halogens is 2. The fourth-order valence-corrected chi connectivity index (χ4v) is 2.39. The highest BCUT2D eigenvalue weighted by Crippen LogP contribution is 2.13. The molecule has 0 radical (unpaired) electrons. The molecule has 0 saturated carbocycles. The average Bonchev–Trinajstić information content (AvgIpc) is 2.94. The van der Waals surface area contributed by atoms with Crippen LogP contribution in [0, 0.1) is 0 Å². The quantitative estimate of drug-likeness (QED) is 0.815. The predicted octanol–water partition coefficient (Wildman–Crippen LogP) is 0.558. The smallest absolute Gasteiger partial charge is 0.277 e. The van der Waals surface area contributed by atoms with Crippen molar-refractivity contribution in [3.63, 3.8) is 0 Å². The number of nitrogens with one attached hydrogen (secondary N) is 1. The first-order valence-electron chi connectivity index (χ1n) is 6.20. The molecule has 2 rings (SSSR count). The van der Waals surface area contributed by atoms with Crippen molar-refractivity contribution in [3.05, 3.63) is 28.1 Å². The number of nitrogens with two attached hydrogens (primary N) is 1. The van der Waals surface area contributed by atoms with Crippen LogP contribution < -0.4 is 16.6 Å². The van der Waals surface area contributed by atoms with E-state index < -0.39 is 24.9 Å². The van der Waals surface area contributed by atoms with Crippen LogP contribution in [0.25, 0.3) is 10.2 Å². The van der Waals surface area contributed by atoms with Crippen LogP contribution in [0.15, 0.2) is 22.6 Å². The van der Waals surface area contributed by atoms with Gasteiger partial charge >= 0.3 is 0 Å². The summed E-state index contributed by atoms with van der Waals surface area (Å²) >= 11 is 1.35. The number of carbonyl (C=O) groups excluding carboxylic acids is 1. The van der Waals surface area contributed by atoms with Gasteiger partial charge in [0.25, 0.3) is 11.5 Å². The standard InChI is InChI=1S/C12H14F2N4O2S/c13-12(14,5-15)6-16-9(19)1-3-18-7-17-10-8(11(18)20)2-4-21-10/h2,4,7H,1,3,5-6,15H2,(H,16,19). The van der Waals surface area contributed by atoms with Gasteiger partial charge in [0.05, 0.1) is 24.8 Å². The molecule has 0 spiro atoms. The highest BCUT2D eigenvalue weighted by Gasteiger charge is 2.26. The number of alkyl halides is 2. The Balaban J connectivity index is 1.94. The molecule has 0 saturated heterocycles. The van der Waals surface area contributed by atoms with E-state index in [2.05, 4.69) is 10.3 Å². The first-order valence-corrected chi connectivity index (χ1v) is 7.08. The van der Waals surface area contributed by atoms with E-state index in [1.165, 1.54) is 22.2 Å². The Morgan fingerprint density at radius 1 is 1.52 bits per heavy atom. The minimum atomic E-state index is -3.12. The van der Waals surface area contributed by atoms with Crippen LogP contribution in [0.5, 0.6) is 0 Å². The summed E-state index contributed by atoms with van der Waals surface area (Å²) in [6.07, 6.45) is 1.26. The van der Waals surface area contributed by atoms with Crippen molar-refractivity contribution in [2.24, 2.45) is 5.73 Å². The molecule has 6 nitrogen and oxygen atoms in total. The first-order chi connectivity index (χ1) is 9.93. The van der Waals surface area contributed by atoms with Crippen LogP contribution in [0.2, 0.25) is 0 Å². The number of nitrogens with zero attached hydrogens (tertiary/aromatic N) is 2. The number of fused-ring (bicyclic) bond motifs is 1. The molecule has 2 aromatic rings. The fourth-order valence-electron chi connectivity index (χ4n) is 1.66. The lowest BCUT2D eigenvalue weighted by molar-refractivity contribution is -0.123. The highest BCUT2D eigenvalue weighted by atomic mass is 32.1. The maximum atomic E-state index is 12.9. The zero-order chi connectivity index (χ0) is 15.5. The van der Waals surface area contributed by atoms with Gasteiger partial charge in [-0.2, -0.15) is 0 Å². The van der Waals surface area contributed by atoms with E-state index in [0.29, 0.717) is 10.2 Å². The lowest BCUT2D eigenvalue weighted by Gasteiger charge is -2.14. The van der Waals surface area contributed by atoms with E-state index in [-0.39, 0.29) is 18.5 Å². The van der Waals surface area contributed by atoms with Gasteiger partial charge in [-0.05, 0) is 11.4 Å². The Morgan fingerprint density at radius 3 is 3.00 bits per heavy atom. The van der Waals surface area contributed by atoms with Gasteiger partial charge in [0.2, 0.25) is 5.91 Å². The summed E-state index contributed by atoms with van der Waals surface area (Å²) < 4.78 is 27.0. The first kappa shape index (κ1) is 15.5. The van der Waals surface area contributed by atoms with Crippen molar-refractivity contribution in [2.75, 3.05) is 13.1 Å². The summed E-state index contributed by atoms with van der Waals surface area (Å²) in [6.45, 7) is -1.55. The molecule has 3 N–H and O–H groups in total. The van der Waals surface area contributed by atoms with E-state index in [1.54, 1.807) is 11.4 Å². The van der Waals surface area contributed by atoms with Gasteiger partial charge in [-0.15, -0.1) is 11.3 Å². The summed E-state index contributed by atoms with van der Waals surface area (Å²) in [5, 5.41) is 4.33. The SMILES string of the molecule is NCC(F)(F)CNC(=O)CCn1cnc2sccc2c1=O. The van der Waals surface area contributed by atoms with Gasteiger partial charge in [0.1, 0.15) is 4.83 Å². The number of hydrogen-bond acceptors (Lipinski definition) is 5. The van der Waals surface area contributed by atoms with Crippen molar-refractivity contribution in [1.82, 2.24) is 14.9 Å². The molecular formula is C12H14F2N4O2S. The number of rotatable bonds is 6. The Morgan fingerprint density at radius 2 is 2.29 bits per heavy atom. The molecule has 0 atom stereocenters. The number of amides is 1. The minimum absolute atomic E-state index is 0.0810. The van der Waals surface area contributed by atoms with Crippen LogP contribution in [-0.4, -0.2) is 34.5 Å². The number of aryl methyl sites for hydroxylation is 1. The number of carbonyl (C=O) groups is 1. The lowest BCUT2D eigenvalue weighted by atomic mass is 10.3. The second-order valence-electron chi connectivity index (χ2n) is 4.47. The average molecular weight is 316 g/mol. The van der Waals surface area contributed by atoms with Gasteiger partial charge < -0.3 is 11.1 Å². The topological polar surface area (TPSA) is 90.0 Å². The third kappa shape index (κ3) is 3.82. The normalized spacial score (nSPS) is 11.8. The maximum Gasteiger partial charge on any atom is 0.277 e. The fraction of sp³-hybridized carbons (Fsp3) is 0.417. The van der Waals surface area contributed by atoms with Crippen LogP contribution in [0.4, 0.5) is 8.78 Å². The van der Waals surface area contributed by atoms with Gasteiger partial charge in [-0.3, -0.25) is 14.2 Å². The maximum absolute atomic E-state index is 12.9. The van der Waals surface area contributed by atoms with E-state index in [9.17, 15) is 18.4 Å². The van der Waals surface area contributed by atoms with Gasteiger partial charge in [0, 0.05) is 13.0 Å². The monoisotopic (exact) mass is 316 g/mol.